The van der Waals surface area contributed by atoms with Crippen LogP contribution in [0, 0.1) is 10.1 Å². The van der Waals surface area contributed by atoms with Crippen LogP contribution in [0.3, 0.4) is 0 Å². The number of non-ortho nitro benzene ring substituents is 1. The number of carbonyl (C=O) groups is 2. The number of carbonyl (C=O) groups excluding carboxylic acids is 2. The van der Waals surface area contributed by atoms with Gasteiger partial charge in [-0.3, -0.25) is 19.7 Å². The molecule has 1 atom stereocenters. The Morgan fingerprint density at radius 3 is 2.31 bits per heavy atom. The Hall–Kier alpha value is -3.07. The first-order valence-electron chi connectivity index (χ1n) is 11.9. The summed E-state index contributed by atoms with van der Waals surface area (Å²) in [5.41, 5.74) is 1.85. The van der Waals surface area contributed by atoms with Crippen molar-refractivity contribution in [2.45, 2.75) is 63.4 Å². The molecule has 2 amide bonds. The molecule has 0 saturated heterocycles. The summed E-state index contributed by atoms with van der Waals surface area (Å²) < 4.78 is 5.22. The predicted octanol–water partition coefficient (Wildman–Crippen LogP) is 4.70. The van der Waals surface area contributed by atoms with Crippen molar-refractivity contribution in [3.8, 4) is 5.75 Å². The Morgan fingerprint density at radius 2 is 1.71 bits per heavy atom. The highest BCUT2D eigenvalue weighted by Crippen LogP contribution is 2.21. The lowest BCUT2D eigenvalue weighted by Crippen LogP contribution is -2.50. The van der Waals surface area contributed by atoms with Crippen LogP contribution in [0.15, 0.2) is 48.5 Å². The molecule has 1 aliphatic carbocycles. The average Bonchev–Trinajstić information content (AvgIpc) is 2.88. The molecule has 35 heavy (non-hydrogen) atoms. The number of nitro groups is 1. The number of thioether (sulfide) groups is 1. The number of rotatable bonds is 11. The molecule has 0 aliphatic heterocycles. The van der Waals surface area contributed by atoms with Crippen LogP contribution in [0.1, 0.15) is 50.2 Å². The second-order valence-electron chi connectivity index (χ2n) is 8.81. The number of hydrogen-bond donors (Lipinski definition) is 1. The molecule has 0 radical (unpaired) electrons. The third kappa shape index (κ3) is 7.99. The molecule has 0 bridgehead atoms. The van der Waals surface area contributed by atoms with Gasteiger partial charge in [0.2, 0.25) is 11.8 Å². The second kappa shape index (κ2) is 13.1. The monoisotopic (exact) mass is 499 g/mol. The second-order valence-corrected chi connectivity index (χ2v) is 9.79. The highest BCUT2D eigenvalue weighted by Gasteiger charge is 2.28. The van der Waals surface area contributed by atoms with Crippen molar-refractivity contribution in [2.24, 2.45) is 0 Å². The van der Waals surface area contributed by atoms with Crippen LogP contribution in [0.5, 0.6) is 5.75 Å². The number of benzene rings is 2. The maximum absolute atomic E-state index is 13.3. The van der Waals surface area contributed by atoms with Crippen LogP contribution in [-0.4, -0.2) is 46.6 Å². The van der Waals surface area contributed by atoms with E-state index in [2.05, 4.69) is 5.32 Å². The van der Waals surface area contributed by atoms with E-state index in [1.807, 2.05) is 24.3 Å². The molecular weight excluding hydrogens is 466 g/mol. The summed E-state index contributed by atoms with van der Waals surface area (Å²) in [5.74, 6) is 1.23. The standard InChI is InChI=1S/C26H33N3O5S/c1-19(26(31)27-22-6-4-3-5-7-22)28(16-20-10-14-24(34-2)15-11-20)25(30)18-35-17-21-8-12-23(13-9-21)29(32)33/h8-15,19,22H,3-7,16-18H2,1-2H3,(H,27,31)/t19-/m1/s1. The van der Waals surface area contributed by atoms with E-state index in [1.165, 1.54) is 30.3 Å². The van der Waals surface area contributed by atoms with Gasteiger partial charge in [0.15, 0.2) is 0 Å². The van der Waals surface area contributed by atoms with E-state index in [9.17, 15) is 19.7 Å². The zero-order valence-corrected chi connectivity index (χ0v) is 21.1. The minimum atomic E-state index is -0.605. The summed E-state index contributed by atoms with van der Waals surface area (Å²) in [6.45, 7) is 2.10. The summed E-state index contributed by atoms with van der Waals surface area (Å²) in [6, 6.07) is 13.4. The first-order chi connectivity index (χ1) is 16.9. The molecular formula is C26H33N3O5S. The lowest BCUT2D eigenvalue weighted by molar-refractivity contribution is -0.384. The Kier molecular flexibility index (Phi) is 9.96. The topological polar surface area (TPSA) is 102 Å². The van der Waals surface area contributed by atoms with Crippen molar-refractivity contribution in [3.63, 3.8) is 0 Å². The van der Waals surface area contributed by atoms with Crippen molar-refractivity contribution in [1.29, 1.82) is 0 Å². The first kappa shape index (κ1) is 26.5. The third-order valence-electron chi connectivity index (χ3n) is 6.27. The molecule has 1 N–H and O–H groups in total. The molecule has 0 aromatic heterocycles. The molecule has 0 spiro atoms. The Morgan fingerprint density at radius 1 is 1.09 bits per heavy atom. The largest absolute Gasteiger partial charge is 0.497 e. The number of nitrogens with zero attached hydrogens (tertiary/aromatic N) is 2. The van der Waals surface area contributed by atoms with E-state index in [4.69, 9.17) is 4.74 Å². The zero-order valence-electron chi connectivity index (χ0n) is 20.3. The molecule has 1 aliphatic rings. The number of hydrogen-bond acceptors (Lipinski definition) is 6. The Balaban J connectivity index is 1.64. The van der Waals surface area contributed by atoms with Gasteiger partial charge in [-0.2, -0.15) is 0 Å². The summed E-state index contributed by atoms with van der Waals surface area (Å²) in [4.78, 5) is 38.3. The Labute approximate surface area is 210 Å². The maximum Gasteiger partial charge on any atom is 0.269 e. The molecule has 1 fully saturated rings. The van der Waals surface area contributed by atoms with Gasteiger partial charge in [-0.05, 0) is 43.0 Å². The van der Waals surface area contributed by atoms with Crippen LogP contribution in [0.25, 0.3) is 0 Å². The van der Waals surface area contributed by atoms with Crippen molar-refractivity contribution in [3.05, 3.63) is 69.8 Å². The van der Waals surface area contributed by atoms with Crippen LogP contribution in [0.2, 0.25) is 0 Å². The Bertz CT molecular complexity index is 991. The van der Waals surface area contributed by atoms with E-state index in [0.29, 0.717) is 12.3 Å². The van der Waals surface area contributed by atoms with E-state index in [0.717, 1.165) is 42.6 Å². The lowest BCUT2D eigenvalue weighted by atomic mass is 9.95. The molecule has 0 unspecified atom stereocenters. The minimum absolute atomic E-state index is 0.0401. The first-order valence-corrected chi connectivity index (χ1v) is 13.1. The maximum atomic E-state index is 13.3. The van der Waals surface area contributed by atoms with Crippen molar-refractivity contribution in [2.75, 3.05) is 12.9 Å². The van der Waals surface area contributed by atoms with Crippen LogP contribution >= 0.6 is 11.8 Å². The highest BCUT2D eigenvalue weighted by atomic mass is 32.2. The normalized spacial score (nSPS) is 14.7. The smallest absolute Gasteiger partial charge is 0.269 e. The van der Waals surface area contributed by atoms with Crippen LogP contribution in [0.4, 0.5) is 5.69 Å². The van der Waals surface area contributed by atoms with Crippen molar-refractivity contribution < 1.29 is 19.2 Å². The van der Waals surface area contributed by atoms with E-state index >= 15 is 0 Å². The van der Waals surface area contributed by atoms with Gasteiger partial charge in [0.1, 0.15) is 11.8 Å². The summed E-state index contributed by atoms with van der Waals surface area (Å²) in [7, 11) is 1.60. The van der Waals surface area contributed by atoms with E-state index in [-0.39, 0.29) is 29.3 Å². The minimum Gasteiger partial charge on any atom is -0.497 e. The fraction of sp³-hybridized carbons (Fsp3) is 0.462. The quantitative estimate of drug-likeness (QED) is 0.355. The van der Waals surface area contributed by atoms with E-state index in [1.54, 1.807) is 31.1 Å². The highest BCUT2D eigenvalue weighted by molar-refractivity contribution is 7.99. The van der Waals surface area contributed by atoms with Gasteiger partial charge < -0.3 is 15.0 Å². The van der Waals surface area contributed by atoms with Crippen molar-refractivity contribution in [1.82, 2.24) is 10.2 Å². The third-order valence-corrected chi connectivity index (χ3v) is 7.26. The fourth-order valence-corrected chi connectivity index (χ4v) is 5.00. The van der Waals surface area contributed by atoms with Gasteiger partial charge in [-0.15, -0.1) is 11.8 Å². The molecule has 2 aromatic carbocycles. The summed E-state index contributed by atoms with van der Waals surface area (Å²) >= 11 is 1.43. The average molecular weight is 500 g/mol. The molecule has 0 heterocycles. The van der Waals surface area contributed by atoms with Gasteiger partial charge in [0.25, 0.3) is 5.69 Å². The molecule has 9 heteroatoms. The molecule has 1 saturated carbocycles. The zero-order chi connectivity index (χ0) is 25.2. The number of amides is 2. The molecule has 2 aromatic rings. The fourth-order valence-electron chi connectivity index (χ4n) is 4.13. The van der Waals surface area contributed by atoms with Gasteiger partial charge in [-0.25, -0.2) is 0 Å². The number of methoxy groups -OCH3 is 1. The molecule has 3 rings (SSSR count). The molecule has 188 valence electrons. The summed E-state index contributed by atoms with van der Waals surface area (Å²) in [6.07, 6.45) is 5.40. The molecule has 8 nitrogen and oxygen atoms in total. The SMILES string of the molecule is COc1ccc(CN(C(=O)CSCc2ccc([N+](=O)[O-])cc2)[C@H](C)C(=O)NC2CCCCC2)cc1. The van der Waals surface area contributed by atoms with Gasteiger partial charge in [0, 0.05) is 30.5 Å². The lowest BCUT2D eigenvalue weighted by Gasteiger charge is -2.31. The van der Waals surface area contributed by atoms with Gasteiger partial charge >= 0.3 is 0 Å². The van der Waals surface area contributed by atoms with Gasteiger partial charge in [-0.1, -0.05) is 43.5 Å². The van der Waals surface area contributed by atoms with Crippen molar-refractivity contribution >= 4 is 29.3 Å². The van der Waals surface area contributed by atoms with Crippen LogP contribution < -0.4 is 10.1 Å². The van der Waals surface area contributed by atoms with Gasteiger partial charge in [0.05, 0.1) is 17.8 Å². The number of nitro benzene ring substituents is 1. The van der Waals surface area contributed by atoms with Crippen LogP contribution in [-0.2, 0) is 21.9 Å². The summed E-state index contributed by atoms with van der Waals surface area (Å²) in [5, 5.41) is 14.0. The number of nitrogens with one attached hydrogen (secondary N) is 1. The van der Waals surface area contributed by atoms with E-state index < -0.39 is 11.0 Å². The predicted molar refractivity (Wildman–Crippen MR) is 137 cm³/mol. The number of ether oxygens (including phenoxy) is 1.